The minimum absolute atomic E-state index is 0. The SMILES string of the molecule is [Li+].[Li+].[O-]B([O-])C=Cc1ccccc1. The minimum atomic E-state index is -1.87. The van der Waals surface area contributed by atoms with E-state index in [1.54, 1.807) is 0 Å². The van der Waals surface area contributed by atoms with E-state index >= 15 is 0 Å². The number of rotatable bonds is 2. The van der Waals surface area contributed by atoms with Gasteiger partial charge >= 0.3 is 37.7 Å². The molecule has 2 nitrogen and oxygen atoms in total. The monoisotopic (exact) mass is 160 g/mol. The molecule has 0 aromatic heterocycles. The summed E-state index contributed by atoms with van der Waals surface area (Å²) in [5, 5.41) is 20.1. The molecule has 56 valence electrons. The Balaban J connectivity index is 0. The molecule has 0 saturated carbocycles. The van der Waals surface area contributed by atoms with E-state index in [2.05, 4.69) is 0 Å². The molecule has 1 rings (SSSR count). The molecular formula is C8H7BLi2O2. The Morgan fingerprint density at radius 2 is 1.54 bits per heavy atom. The summed E-state index contributed by atoms with van der Waals surface area (Å²) < 4.78 is 0. The van der Waals surface area contributed by atoms with E-state index in [1.165, 1.54) is 6.08 Å². The zero-order valence-electron chi connectivity index (χ0n) is 7.94. The third kappa shape index (κ3) is 7.23. The van der Waals surface area contributed by atoms with Crippen LogP contribution in [0, 0.1) is 0 Å². The molecule has 0 aliphatic heterocycles. The van der Waals surface area contributed by atoms with Crippen LogP contribution in [0.5, 0.6) is 0 Å². The molecule has 5 heteroatoms. The van der Waals surface area contributed by atoms with Gasteiger partial charge in [-0.3, -0.25) is 0 Å². The van der Waals surface area contributed by atoms with Gasteiger partial charge in [0.15, 0.2) is 0 Å². The van der Waals surface area contributed by atoms with E-state index in [0.717, 1.165) is 11.5 Å². The molecule has 0 unspecified atom stereocenters. The summed E-state index contributed by atoms with van der Waals surface area (Å²) in [5.41, 5.74) is 0.879. The number of hydrogen-bond donors (Lipinski definition) is 0. The van der Waals surface area contributed by atoms with Crippen LogP contribution in [0.2, 0.25) is 0 Å². The van der Waals surface area contributed by atoms with Crippen molar-refractivity contribution in [1.82, 2.24) is 0 Å². The largest absolute Gasteiger partial charge is 1.00 e. The Bertz CT molecular complexity index is 239. The molecule has 0 fully saturated rings. The van der Waals surface area contributed by atoms with Gasteiger partial charge in [0.25, 0.3) is 0 Å². The molecule has 0 spiro atoms. The summed E-state index contributed by atoms with van der Waals surface area (Å²) in [6, 6.07) is 9.25. The van der Waals surface area contributed by atoms with Gasteiger partial charge in [-0.2, -0.15) is 5.98 Å². The van der Waals surface area contributed by atoms with Gasteiger partial charge in [0.05, 0.1) is 0 Å². The average Bonchev–Trinajstić information content (AvgIpc) is 2.03. The predicted molar refractivity (Wildman–Crippen MR) is 41.2 cm³/mol. The molecule has 0 bridgehead atoms. The maximum Gasteiger partial charge on any atom is 1.00 e. The van der Waals surface area contributed by atoms with Crippen LogP contribution in [0.1, 0.15) is 5.56 Å². The first kappa shape index (κ1) is 15.6. The summed E-state index contributed by atoms with van der Waals surface area (Å²) in [6.07, 6.45) is 1.53. The van der Waals surface area contributed by atoms with Crippen LogP contribution in [0.25, 0.3) is 6.08 Å². The van der Waals surface area contributed by atoms with Crippen molar-refractivity contribution in [3.05, 3.63) is 41.9 Å². The second kappa shape index (κ2) is 8.73. The topological polar surface area (TPSA) is 46.1 Å². The van der Waals surface area contributed by atoms with Crippen LogP contribution in [-0.2, 0) is 0 Å². The zero-order valence-corrected chi connectivity index (χ0v) is 7.94. The fourth-order valence-electron chi connectivity index (χ4n) is 0.754. The molecule has 0 aliphatic carbocycles. The Morgan fingerprint density at radius 3 is 2.00 bits per heavy atom. The molecule has 13 heavy (non-hydrogen) atoms. The van der Waals surface area contributed by atoms with Crippen LogP contribution < -0.4 is 47.8 Å². The van der Waals surface area contributed by atoms with Gasteiger partial charge in [0.1, 0.15) is 0 Å². The molecule has 1 aromatic carbocycles. The average molecular weight is 160 g/mol. The van der Waals surface area contributed by atoms with Crippen LogP contribution in [-0.4, -0.2) is 7.12 Å². The Kier molecular flexibility index (Phi) is 10.5. The molecule has 0 aliphatic rings. The first-order valence-corrected chi connectivity index (χ1v) is 3.34. The molecule has 0 radical (unpaired) electrons. The molecule has 0 N–H and O–H groups in total. The van der Waals surface area contributed by atoms with E-state index in [1.807, 2.05) is 30.3 Å². The van der Waals surface area contributed by atoms with Crippen LogP contribution in [0.15, 0.2) is 36.3 Å². The second-order valence-electron chi connectivity index (χ2n) is 2.14. The molecular weight excluding hydrogens is 153 g/mol. The van der Waals surface area contributed by atoms with E-state index in [9.17, 15) is 10.0 Å². The van der Waals surface area contributed by atoms with Crippen molar-refractivity contribution in [3.8, 4) is 0 Å². The van der Waals surface area contributed by atoms with Gasteiger partial charge in [-0.1, -0.05) is 43.5 Å². The van der Waals surface area contributed by atoms with Crippen molar-refractivity contribution in [3.63, 3.8) is 0 Å². The van der Waals surface area contributed by atoms with Gasteiger partial charge in [0.2, 0.25) is 0 Å². The van der Waals surface area contributed by atoms with E-state index in [-0.39, 0.29) is 37.7 Å². The predicted octanol–water partition coefficient (Wildman–Crippen LogP) is -6.54. The standard InChI is InChI=1S/C8H7BO2.2Li/c10-9(11)7-6-8-4-2-1-3-5-8;;/h1-7H;;/q-2;2*+1. The Hall–Kier alpha value is 0.140. The smallest absolute Gasteiger partial charge is 0.890 e. The van der Waals surface area contributed by atoms with Crippen molar-refractivity contribution in [2.75, 3.05) is 0 Å². The molecule has 0 amide bonds. The summed E-state index contributed by atoms with van der Waals surface area (Å²) in [6.45, 7) is 0. The van der Waals surface area contributed by atoms with Gasteiger partial charge in [0, 0.05) is 0 Å². The van der Waals surface area contributed by atoms with E-state index < -0.39 is 7.12 Å². The van der Waals surface area contributed by atoms with E-state index in [4.69, 9.17) is 0 Å². The minimum Gasteiger partial charge on any atom is -0.890 e. The van der Waals surface area contributed by atoms with E-state index in [0.29, 0.717) is 0 Å². The summed E-state index contributed by atoms with van der Waals surface area (Å²) in [7, 11) is -1.87. The van der Waals surface area contributed by atoms with Crippen molar-refractivity contribution < 1.29 is 47.8 Å². The molecule has 0 heterocycles. The van der Waals surface area contributed by atoms with Gasteiger partial charge in [-0.25, -0.2) is 0 Å². The van der Waals surface area contributed by atoms with Crippen molar-refractivity contribution in [2.24, 2.45) is 0 Å². The third-order valence-electron chi connectivity index (χ3n) is 1.25. The van der Waals surface area contributed by atoms with Crippen LogP contribution in [0.4, 0.5) is 0 Å². The van der Waals surface area contributed by atoms with Gasteiger partial charge in [-0.15, -0.1) is 0 Å². The number of benzene rings is 1. The maximum absolute atomic E-state index is 10.1. The third-order valence-corrected chi connectivity index (χ3v) is 1.25. The fraction of sp³-hybridized carbons (Fsp3) is 0. The summed E-state index contributed by atoms with van der Waals surface area (Å²) in [5.74, 6) is 1.09. The van der Waals surface area contributed by atoms with Crippen LogP contribution in [0.3, 0.4) is 0 Å². The molecule has 0 saturated heterocycles. The van der Waals surface area contributed by atoms with Crippen LogP contribution >= 0.6 is 0 Å². The first-order valence-electron chi connectivity index (χ1n) is 3.34. The maximum atomic E-state index is 10.1. The summed E-state index contributed by atoms with van der Waals surface area (Å²) in [4.78, 5) is 0. The Labute approximate surface area is 103 Å². The fourth-order valence-corrected chi connectivity index (χ4v) is 0.754. The summed E-state index contributed by atoms with van der Waals surface area (Å²) >= 11 is 0. The molecule has 1 aromatic rings. The van der Waals surface area contributed by atoms with Crippen molar-refractivity contribution in [1.29, 1.82) is 0 Å². The zero-order chi connectivity index (χ0) is 8.10. The normalized spacial score (nSPS) is 8.77. The quantitative estimate of drug-likeness (QED) is 0.403. The Morgan fingerprint density at radius 1 is 1.00 bits per heavy atom. The van der Waals surface area contributed by atoms with Gasteiger partial charge in [-0.05, 0) is 5.56 Å². The number of hydrogen-bond acceptors (Lipinski definition) is 2. The first-order chi connectivity index (χ1) is 5.29. The van der Waals surface area contributed by atoms with Crippen molar-refractivity contribution >= 4 is 13.2 Å². The second-order valence-corrected chi connectivity index (χ2v) is 2.14. The van der Waals surface area contributed by atoms with Crippen molar-refractivity contribution in [2.45, 2.75) is 0 Å². The van der Waals surface area contributed by atoms with Gasteiger partial charge < -0.3 is 10.0 Å². The molecule has 0 atom stereocenters.